The van der Waals surface area contributed by atoms with Crippen molar-refractivity contribution in [2.75, 3.05) is 30.3 Å². The van der Waals surface area contributed by atoms with Crippen LogP contribution in [0.5, 0.6) is 5.75 Å². The maximum Gasteiger partial charge on any atom is 0.243 e. The smallest absolute Gasteiger partial charge is 0.243 e. The van der Waals surface area contributed by atoms with Crippen LogP contribution in [0, 0.1) is 6.92 Å². The number of ether oxygens (including phenoxy) is 1. The number of carbonyl (C=O) groups excluding carboxylic acids is 2. The molecule has 3 rings (SSSR count). The van der Waals surface area contributed by atoms with Gasteiger partial charge in [-0.2, -0.15) is 0 Å². The zero-order valence-corrected chi connectivity index (χ0v) is 26.6. The lowest BCUT2D eigenvalue weighted by Crippen LogP contribution is -2.50. The zero-order valence-electron chi connectivity index (χ0n) is 25.8. The second kappa shape index (κ2) is 16.7. The summed E-state index contributed by atoms with van der Waals surface area (Å²) >= 11 is 0. The van der Waals surface area contributed by atoms with Crippen LogP contribution < -0.4 is 14.4 Å². The molecule has 8 nitrogen and oxygen atoms in total. The molecule has 0 saturated heterocycles. The van der Waals surface area contributed by atoms with E-state index in [1.165, 1.54) is 4.31 Å². The molecule has 3 aromatic rings. The van der Waals surface area contributed by atoms with Crippen molar-refractivity contribution in [1.29, 1.82) is 0 Å². The highest BCUT2D eigenvalue weighted by Crippen LogP contribution is 2.23. The molecule has 0 heterocycles. The fraction of sp³-hybridized carbons (Fsp3) is 0.412. The van der Waals surface area contributed by atoms with Gasteiger partial charge >= 0.3 is 0 Å². The Morgan fingerprint density at radius 2 is 1.60 bits per heavy atom. The third-order valence-corrected chi connectivity index (χ3v) is 8.32. The Morgan fingerprint density at radius 3 is 2.23 bits per heavy atom. The molecule has 0 aromatic heterocycles. The summed E-state index contributed by atoms with van der Waals surface area (Å²) in [6, 6.07) is 23.8. The Hall–Kier alpha value is -3.85. The average Bonchev–Trinajstić information content (AvgIpc) is 2.98. The molecule has 0 unspecified atom stereocenters. The van der Waals surface area contributed by atoms with Gasteiger partial charge < -0.3 is 15.0 Å². The number of hydrogen-bond acceptors (Lipinski definition) is 5. The average molecular weight is 608 g/mol. The highest BCUT2D eigenvalue weighted by atomic mass is 32.2. The number of hydrogen-bond donors (Lipinski definition) is 1. The molecule has 43 heavy (non-hydrogen) atoms. The number of aryl methyl sites for hydroxylation is 1. The Morgan fingerprint density at radius 1 is 0.907 bits per heavy atom. The summed E-state index contributed by atoms with van der Waals surface area (Å²) in [5, 5.41) is 3.04. The predicted molar refractivity (Wildman–Crippen MR) is 173 cm³/mol. The highest BCUT2D eigenvalue weighted by molar-refractivity contribution is 7.92. The molecule has 232 valence electrons. The lowest BCUT2D eigenvalue weighted by atomic mass is 10.0. The summed E-state index contributed by atoms with van der Waals surface area (Å²) in [6.45, 7) is 7.40. The normalized spacial score (nSPS) is 11.9. The van der Waals surface area contributed by atoms with Crippen molar-refractivity contribution in [1.82, 2.24) is 10.2 Å². The van der Waals surface area contributed by atoms with Gasteiger partial charge in [-0.25, -0.2) is 8.42 Å². The molecule has 0 radical (unpaired) electrons. The third kappa shape index (κ3) is 10.7. The summed E-state index contributed by atoms with van der Waals surface area (Å²) in [6.07, 6.45) is 3.70. The van der Waals surface area contributed by atoms with Gasteiger partial charge in [-0.1, -0.05) is 73.5 Å². The summed E-state index contributed by atoms with van der Waals surface area (Å²) in [5.41, 5.74) is 3.46. The van der Waals surface area contributed by atoms with Gasteiger partial charge in [0.05, 0.1) is 18.6 Å². The van der Waals surface area contributed by atoms with Gasteiger partial charge in [0, 0.05) is 32.5 Å². The molecule has 0 saturated carbocycles. The van der Waals surface area contributed by atoms with E-state index in [2.05, 4.69) is 12.2 Å². The molecule has 1 N–H and O–H groups in total. The summed E-state index contributed by atoms with van der Waals surface area (Å²) in [7, 11) is -3.59. The fourth-order valence-electron chi connectivity index (χ4n) is 4.95. The Balaban J connectivity index is 1.85. The number of carbonyl (C=O) groups is 2. The number of nitrogens with one attached hydrogen (secondary N) is 1. The van der Waals surface area contributed by atoms with Gasteiger partial charge in [0.25, 0.3) is 0 Å². The minimum atomic E-state index is -3.59. The van der Waals surface area contributed by atoms with Crippen LogP contribution in [-0.2, 0) is 32.6 Å². The van der Waals surface area contributed by atoms with Crippen LogP contribution in [0.15, 0.2) is 78.9 Å². The van der Waals surface area contributed by atoms with Crippen LogP contribution in [-0.4, -0.2) is 57.1 Å². The van der Waals surface area contributed by atoms with Crippen molar-refractivity contribution in [3.05, 3.63) is 95.6 Å². The number of benzene rings is 3. The van der Waals surface area contributed by atoms with E-state index in [4.69, 9.17) is 4.74 Å². The molecule has 0 aliphatic heterocycles. The zero-order chi connectivity index (χ0) is 31.2. The first-order chi connectivity index (χ1) is 20.6. The van der Waals surface area contributed by atoms with Crippen molar-refractivity contribution in [2.24, 2.45) is 0 Å². The first-order valence-corrected chi connectivity index (χ1v) is 16.8. The first-order valence-electron chi connectivity index (χ1n) is 15.0. The van der Waals surface area contributed by atoms with Crippen molar-refractivity contribution in [2.45, 2.75) is 65.5 Å². The molecular formula is C34H45N3O5S. The van der Waals surface area contributed by atoms with E-state index in [0.717, 1.165) is 35.8 Å². The topological polar surface area (TPSA) is 96.0 Å². The van der Waals surface area contributed by atoms with E-state index in [1.54, 1.807) is 29.2 Å². The van der Waals surface area contributed by atoms with Gasteiger partial charge in [0.2, 0.25) is 21.8 Å². The molecule has 0 aliphatic carbocycles. The SMILES string of the molecule is CCCCNC(=O)[C@@H](Cc1ccccc1)N(Cc1cccc(C)c1)C(=O)CCCN(c1ccc(OCC)cc1)S(C)(=O)=O. The number of rotatable bonds is 17. The Kier molecular flexibility index (Phi) is 13.1. The Bertz CT molecular complexity index is 1410. The summed E-state index contributed by atoms with van der Waals surface area (Å²) < 4.78 is 32.2. The molecular weight excluding hydrogens is 562 g/mol. The quantitative estimate of drug-likeness (QED) is 0.205. The van der Waals surface area contributed by atoms with Crippen molar-refractivity contribution < 1.29 is 22.7 Å². The molecule has 0 bridgehead atoms. The molecule has 0 aliphatic rings. The number of nitrogens with zero attached hydrogens (tertiary/aromatic N) is 2. The van der Waals surface area contributed by atoms with Crippen molar-refractivity contribution in [3.8, 4) is 5.75 Å². The number of amides is 2. The minimum absolute atomic E-state index is 0.0857. The molecule has 2 amide bonds. The highest BCUT2D eigenvalue weighted by Gasteiger charge is 2.30. The van der Waals surface area contributed by atoms with E-state index < -0.39 is 16.1 Å². The fourth-order valence-corrected chi connectivity index (χ4v) is 5.91. The predicted octanol–water partition coefficient (Wildman–Crippen LogP) is 5.50. The number of unbranched alkanes of at least 4 members (excludes halogenated alkanes) is 1. The van der Waals surface area contributed by atoms with Gasteiger partial charge in [-0.3, -0.25) is 13.9 Å². The maximum atomic E-state index is 13.9. The largest absolute Gasteiger partial charge is 0.494 e. The van der Waals surface area contributed by atoms with E-state index in [1.807, 2.05) is 68.4 Å². The van der Waals surface area contributed by atoms with Gasteiger partial charge in [-0.15, -0.1) is 0 Å². The van der Waals surface area contributed by atoms with Crippen molar-refractivity contribution in [3.63, 3.8) is 0 Å². The lowest BCUT2D eigenvalue weighted by molar-refractivity contribution is -0.141. The minimum Gasteiger partial charge on any atom is -0.494 e. The summed E-state index contributed by atoms with van der Waals surface area (Å²) in [4.78, 5) is 29.2. The van der Waals surface area contributed by atoms with Crippen LogP contribution in [0.2, 0.25) is 0 Å². The van der Waals surface area contributed by atoms with Crippen molar-refractivity contribution >= 4 is 27.5 Å². The van der Waals surface area contributed by atoms with Crippen LogP contribution in [0.4, 0.5) is 5.69 Å². The summed E-state index contributed by atoms with van der Waals surface area (Å²) in [5.74, 6) is 0.266. The molecule has 0 spiro atoms. The molecule has 1 atom stereocenters. The monoisotopic (exact) mass is 607 g/mol. The second-order valence-electron chi connectivity index (χ2n) is 10.7. The Labute approximate surface area is 257 Å². The standard InChI is InChI=1S/C34H45N3O5S/c1-5-7-22-35-34(39)32(25-28-14-9-8-10-15-28)36(26-29-16-11-13-27(3)24-29)33(38)17-12-23-37(43(4,40)41)30-18-20-31(21-19-30)42-6-2/h8-11,13-16,18-21,24,32H,5-7,12,17,22-23,25-26H2,1-4H3,(H,35,39)/t32-/m1/s1. The number of anilines is 1. The van der Waals surface area contributed by atoms with Crippen LogP contribution >= 0.6 is 0 Å². The van der Waals surface area contributed by atoms with Gasteiger partial charge in [0.15, 0.2) is 0 Å². The number of sulfonamides is 1. The van der Waals surface area contributed by atoms with Crippen LogP contribution in [0.25, 0.3) is 0 Å². The first kappa shape index (κ1) is 33.6. The second-order valence-corrected chi connectivity index (χ2v) is 12.6. The lowest BCUT2D eigenvalue weighted by Gasteiger charge is -2.32. The van der Waals surface area contributed by atoms with E-state index >= 15 is 0 Å². The van der Waals surface area contributed by atoms with Crippen LogP contribution in [0.3, 0.4) is 0 Å². The molecule has 9 heteroatoms. The van der Waals surface area contributed by atoms with Gasteiger partial charge in [0.1, 0.15) is 11.8 Å². The van der Waals surface area contributed by atoms with Crippen LogP contribution in [0.1, 0.15) is 56.2 Å². The van der Waals surface area contributed by atoms with E-state index in [0.29, 0.717) is 37.4 Å². The van der Waals surface area contributed by atoms with E-state index in [-0.39, 0.29) is 31.3 Å². The molecule has 3 aromatic carbocycles. The van der Waals surface area contributed by atoms with E-state index in [9.17, 15) is 18.0 Å². The molecule has 0 fully saturated rings. The van der Waals surface area contributed by atoms with Gasteiger partial charge in [-0.05, 0) is 62.1 Å². The third-order valence-electron chi connectivity index (χ3n) is 7.12. The maximum absolute atomic E-state index is 13.9.